The number of thioether (sulfide) groups is 1. The first-order valence-corrected chi connectivity index (χ1v) is 11.9. The van der Waals surface area contributed by atoms with Crippen LogP contribution in [0, 0.1) is 11.6 Å². The molecule has 5 nitrogen and oxygen atoms in total. The van der Waals surface area contributed by atoms with Gasteiger partial charge in [0.2, 0.25) is 15.9 Å². The molecule has 0 radical (unpaired) electrons. The third-order valence-electron chi connectivity index (χ3n) is 4.69. The molecule has 9 heteroatoms. The van der Waals surface area contributed by atoms with Gasteiger partial charge >= 0.3 is 0 Å². The van der Waals surface area contributed by atoms with E-state index < -0.39 is 21.9 Å². The molecule has 1 heterocycles. The number of nitrogens with zero attached hydrogens (tertiary/aromatic N) is 1. The smallest absolute Gasteiger partial charge is 0.243 e. The molecule has 0 aliphatic carbocycles. The third kappa shape index (κ3) is 5.34. The van der Waals surface area contributed by atoms with E-state index in [1.165, 1.54) is 34.3 Å². The average Bonchev–Trinajstić information content (AvgIpc) is 3.20. The third-order valence-corrected chi connectivity index (χ3v) is 7.62. The molecule has 1 N–H and O–H groups in total. The Morgan fingerprint density at radius 3 is 2.59 bits per heavy atom. The molecule has 0 aromatic heterocycles. The van der Waals surface area contributed by atoms with Crippen LogP contribution in [0.15, 0.2) is 53.4 Å². The zero-order valence-corrected chi connectivity index (χ0v) is 17.3. The largest absolute Gasteiger partial charge is 0.354 e. The number of hydrogen-bond acceptors (Lipinski definition) is 4. The minimum absolute atomic E-state index is 0.0287. The molecule has 3 rings (SSSR count). The van der Waals surface area contributed by atoms with Crippen molar-refractivity contribution < 1.29 is 22.0 Å². The number of sulfonamides is 1. The van der Waals surface area contributed by atoms with Crippen molar-refractivity contribution in [2.24, 2.45) is 0 Å². The monoisotopic (exact) mass is 440 g/mol. The van der Waals surface area contributed by atoms with Crippen LogP contribution in [0.3, 0.4) is 0 Å². The number of halogens is 2. The van der Waals surface area contributed by atoms with Gasteiger partial charge in [0.05, 0.1) is 4.90 Å². The van der Waals surface area contributed by atoms with E-state index in [9.17, 15) is 22.0 Å². The quantitative estimate of drug-likeness (QED) is 0.641. The standard InChI is InChI=1S/C20H22F2N2O3S2/c21-16-7-9-17(10-8-16)29(26,27)24-12-3-6-19(24)20(25)23-11-13-28-14-15-4-1-2-5-18(15)22/h1-2,4-5,7-10,19H,3,6,11-14H2,(H,23,25)/t19-/m0/s1. The van der Waals surface area contributed by atoms with Crippen molar-refractivity contribution in [2.45, 2.75) is 29.5 Å². The molecule has 0 bridgehead atoms. The molecule has 1 saturated heterocycles. The normalized spacial score (nSPS) is 17.4. The zero-order valence-electron chi connectivity index (χ0n) is 15.7. The van der Waals surface area contributed by atoms with E-state index in [-0.39, 0.29) is 23.2 Å². The Morgan fingerprint density at radius 2 is 1.86 bits per heavy atom. The Hall–Kier alpha value is -1.97. The van der Waals surface area contributed by atoms with E-state index in [2.05, 4.69) is 5.32 Å². The summed E-state index contributed by atoms with van der Waals surface area (Å²) in [5.41, 5.74) is 0.608. The molecule has 1 fully saturated rings. The second-order valence-corrected chi connectivity index (χ2v) is 9.66. The molecule has 1 aliphatic heterocycles. The van der Waals surface area contributed by atoms with Gasteiger partial charge in [-0.15, -0.1) is 0 Å². The molecule has 0 saturated carbocycles. The van der Waals surface area contributed by atoms with Crippen LogP contribution >= 0.6 is 11.8 Å². The van der Waals surface area contributed by atoms with Gasteiger partial charge in [-0.25, -0.2) is 17.2 Å². The number of nitrogens with one attached hydrogen (secondary N) is 1. The summed E-state index contributed by atoms with van der Waals surface area (Å²) < 4.78 is 53.5. The molecule has 0 unspecified atom stereocenters. The lowest BCUT2D eigenvalue weighted by Gasteiger charge is -2.23. The fourth-order valence-corrected chi connectivity index (χ4v) is 5.69. The molecule has 2 aromatic carbocycles. The van der Waals surface area contributed by atoms with Crippen molar-refractivity contribution in [2.75, 3.05) is 18.8 Å². The maximum Gasteiger partial charge on any atom is 0.243 e. The second-order valence-electron chi connectivity index (χ2n) is 6.66. The van der Waals surface area contributed by atoms with E-state index in [0.29, 0.717) is 36.5 Å². The predicted molar refractivity (Wildman–Crippen MR) is 109 cm³/mol. The van der Waals surface area contributed by atoms with Crippen LogP contribution in [0.2, 0.25) is 0 Å². The number of amides is 1. The highest BCUT2D eigenvalue weighted by molar-refractivity contribution is 7.98. The lowest BCUT2D eigenvalue weighted by molar-refractivity contribution is -0.124. The highest BCUT2D eigenvalue weighted by Crippen LogP contribution is 2.26. The van der Waals surface area contributed by atoms with Crippen molar-refractivity contribution in [3.63, 3.8) is 0 Å². The van der Waals surface area contributed by atoms with Gasteiger partial charge in [-0.2, -0.15) is 16.1 Å². The average molecular weight is 441 g/mol. The summed E-state index contributed by atoms with van der Waals surface area (Å²) >= 11 is 1.49. The minimum atomic E-state index is -3.87. The van der Waals surface area contributed by atoms with Crippen LogP contribution in [-0.4, -0.2) is 43.5 Å². The molecule has 2 aromatic rings. The Balaban J connectivity index is 1.52. The van der Waals surface area contributed by atoms with Crippen LogP contribution in [-0.2, 0) is 20.6 Å². The molecule has 156 valence electrons. The molecule has 1 atom stereocenters. The predicted octanol–water partition coefficient (Wildman–Crippen LogP) is 3.17. The maximum absolute atomic E-state index is 13.6. The van der Waals surface area contributed by atoms with Crippen molar-refractivity contribution in [3.8, 4) is 0 Å². The van der Waals surface area contributed by atoms with Crippen molar-refractivity contribution in [1.29, 1.82) is 0 Å². The van der Waals surface area contributed by atoms with Crippen LogP contribution in [0.1, 0.15) is 18.4 Å². The van der Waals surface area contributed by atoms with Crippen LogP contribution in [0.4, 0.5) is 8.78 Å². The molecular weight excluding hydrogens is 418 g/mol. The van der Waals surface area contributed by atoms with Gasteiger partial charge in [-0.1, -0.05) is 18.2 Å². The maximum atomic E-state index is 13.6. The zero-order chi connectivity index (χ0) is 20.9. The number of hydrogen-bond donors (Lipinski definition) is 1. The number of carbonyl (C=O) groups is 1. The van der Waals surface area contributed by atoms with Gasteiger partial charge in [-0.3, -0.25) is 4.79 Å². The van der Waals surface area contributed by atoms with Gasteiger partial charge in [0.1, 0.15) is 17.7 Å². The fourth-order valence-electron chi connectivity index (χ4n) is 3.19. The van der Waals surface area contributed by atoms with E-state index in [4.69, 9.17) is 0 Å². The van der Waals surface area contributed by atoms with E-state index in [0.717, 1.165) is 12.1 Å². The summed E-state index contributed by atoms with van der Waals surface area (Å²) in [4.78, 5) is 12.5. The van der Waals surface area contributed by atoms with Crippen molar-refractivity contribution in [1.82, 2.24) is 9.62 Å². The Bertz CT molecular complexity index is 952. The Morgan fingerprint density at radius 1 is 1.14 bits per heavy atom. The summed E-state index contributed by atoms with van der Waals surface area (Å²) in [6.07, 6.45) is 1.02. The van der Waals surface area contributed by atoms with Gasteiger partial charge in [0.25, 0.3) is 0 Å². The SMILES string of the molecule is O=C(NCCSCc1ccccc1F)[C@@H]1CCCN1S(=O)(=O)c1ccc(F)cc1. The van der Waals surface area contributed by atoms with Crippen molar-refractivity contribution in [3.05, 3.63) is 65.7 Å². The first-order valence-electron chi connectivity index (χ1n) is 9.26. The Kier molecular flexibility index (Phi) is 7.26. The van der Waals surface area contributed by atoms with E-state index in [1.807, 2.05) is 0 Å². The highest BCUT2D eigenvalue weighted by Gasteiger charge is 2.39. The number of benzene rings is 2. The number of rotatable bonds is 8. The summed E-state index contributed by atoms with van der Waals surface area (Å²) in [5, 5.41) is 2.77. The molecule has 0 spiro atoms. The van der Waals surface area contributed by atoms with Gasteiger partial charge in [0, 0.05) is 24.6 Å². The fraction of sp³-hybridized carbons (Fsp3) is 0.350. The van der Waals surface area contributed by atoms with Gasteiger partial charge < -0.3 is 5.32 Å². The highest BCUT2D eigenvalue weighted by atomic mass is 32.2. The van der Waals surface area contributed by atoms with E-state index >= 15 is 0 Å². The van der Waals surface area contributed by atoms with Crippen LogP contribution in [0.5, 0.6) is 0 Å². The van der Waals surface area contributed by atoms with E-state index in [1.54, 1.807) is 18.2 Å². The Labute approximate surface area is 173 Å². The molecule has 1 amide bonds. The lowest BCUT2D eigenvalue weighted by Crippen LogP contribution is -2.46. The summed E-state index contributed by atoms with van der Waals surface area (Å²) in [6, 6.07) is 10.4. The molecule has 1 aliphatic rings. The summed E-state index contributed by atoms with van der Waals surface area (Å²) in [5.74, 6) is -0.0435. The minimum Gasteiger partial charge on any atom is -0.354 e. The summed E-state index contributed by atoms with van der Waals surface area (Å²) in [6.45, 7) is 0.610. The van der Waals surface area contributed by atoms with Crippen molar-refractivity contribution >= 4 is 27.7 Å². The molecular formula is C20H22F2N2O3S2. The second kappa shape index (κ2) is 9.69. The summed E-state index contributed by atoms with van der Waals surface area (Å²) in [7, 11) is -3.87. The van der Waals surface area contributed by atoms with Gasteiger partial charge in [-0.05, 0) is 48.7 Å². The first kappa shape index (κ1) is 21.7. The lowest BCUT2D eigenvalue weighted by atomic mass is 10.2. The molecule has 29 heavy (non-hydrogen) atoms. The van der Waals surface area contributed by atoms with Gasteiger partial charge in [0.15, 0.2) is 0 Å². The first-order chi connectivity index (χ1) is 13.9. The number of carbonyl (C=O) groups excluding carboxylic acids is 1. The topological polar surface area (TPSA) is 66.5 Å². The van der Waals surface area contributed by atoms with Crippen LogP contribution < -0.4 is 5.32 Å². The van der Waals surface area contributed by atoms with Crippen LogP contribution in [0.25, 0.3) is 0 Å².